The minimum absolute atomic E-state index is 0.0684. The summed E-state index contributed by atoms with van der Waals surface area (Å²) in [6, 6.07) is 7.30. The van der Waals surface area contributed by atoms with Gasteiger partial charge in [0.25, 0.3) is 12.4 Å². The van der Waals surface area contributed by atoms with Gasteiger partial charge >= 0.3 is 0 Å². The molecule has 2 aromatic heterocycles. The standard InChI is InChI=1S/C22H23N7O2.CH2O2/c1-27-13-14(12-23-27)18-22(15-6-2-3-7-16(15)24-21(22)31)9-11-29(18)20(30)19-26-25-17-8-4-5-10-28(17)19;2-1-3/h2-3,6-7,12-13,18H,4-5,8-11H2,1H3,(H,24,31);1H,(H,2,3). The Morgan fingerprint density at radius 3 is 2.79 bits per heavy atom. The molecule has 6 rings (SSSR count). The van der Waals surface area contributed by atoms with Crippen LogP contribution < -0.4 is 5.32 Å². The Hall–Kier alpha value is -4.02. The zero-order valence-electron chi connectivity index (χ0n) is 18.7. The number of benzene rings is 1. The lowest BCUT2D eigenvalue weighted by Gasteiger charge is -2.33. The first kappa shape index (κ1) is 21.8. The van der Waals surface area contributed by atoms with E-state index >= 15 is 0 Å². The number of aryl methyl sites for hydroxylation is 2. The molecule has 0 bridgehead atoms. The van der Waals surface area contributed by atoms with Crippen LogP contribution in [0.5, 0.6) is 0 Å². The average Bonchev–Trinajstić information content (AvgIpc) is 3.60. The Morgan fingerprint density at radius 2 is 2.03 bits per heavy atom. The molecule has 3 aromatic rings. The molecule has 1 spiro atoms. The summed E-state index contributed by atoms with van der Waals surface area (Å²) in [5, 5.41) is 22.8. The first-order valence-corrected chi connectivity index (χ1v) is 11.2. The van der Waals surface area contributed by atoms with Crippen molar-refractivity contribution in [2.45, 2.75) is 43.7 Å². The fourth-order valence-corrected chi connectivity index (χ4v) is 5.55. The van der Waals surface area contributed by atoms with Gasteiger partial charge in [-0.1, -0.05) is 18.2 Å². The minimum Gasteiger partial charge on any atom is -0.483 e. The van der Waals surface area contributed by atoms with Crippen LogP contribution in [-0.2, 0) is 35.0 Å². The number of fused-ring (bicyclic) bond motifs is 3. The Labute approximate surface area is 195 Å². The van der Waals surface area contributed by atoms with Crippen LogP contribution in [-0.4, -0.2) is 59.4 Å². The van der Waals surface area contributed by atoms with Crippen LogP contribution in [0.25, 0.3) is 0 Å². The number of nitrogens with zero attached hydrogens (tertiary/aromatic N) is 6. The Morgan fingerprint density at radius 1 is 1.24 bits per heavy atom. The van der Waals surface area contributed by atoms with Gasteiger partial charge in [-0.3, -0.25) is 19.1 Å². The molecular formula is C23H25N7O4. The first-order chi connectivity index (χ1) is 16.5. The second-order valence-electron chi connectivity index (χ2n) is 8.72. The third-order valence-corrected chi connectivity index (χ3v) is 6.94. The van der Waals surface area contributed by atoms with Crippen molar-refractivity contribution in [2.75, 3.05) is 11.9 Å². The summed E-state index contributed by atoms with van der Waals surface area (Å²) in [4.78, 5) is 37.4. The molecule has 1 saturated heterocycles. The maximum Gasteiger partial charge on any atom is 0.292 e. The van der Waals surface area contributed by atoms with Crippen molar-refractivity contribution in [3.63, 3.8) is 0 Å². The van der Waals surface area contributed by atoms with Crippen molar-refractivity contribution in [1.29, 1.82) is 0 Å². The second-order valence-corrected chi connectivity index (χ2v) is 8.72. The van der Waals surface area contributed by atoms with E-state index in [2.05, 4.69) is 20.6 Å². The molecule has 0 radical (unpaired) electrons. The van der Waals surface area contributed by atoms with Gasteiger partial charge in [-0.25, -0.2) is 0 Å². The number of anilines is 1. The number of carboxylic acid groups (broad SMARTS) is 1. The fraction of sp³-hybridized carbons (Fsp3) is 0.391. The van der Waals surface area contributed by atoms with Crippen LogP contribution in [0.3, 0.4) is 0 Å². The SMILES string of the molecule is Cn1cc(C2N(C(=O)c3nnc4n3CCCC4)CCC23C(=O)Nc2ccccc23)cn1.O=CO. The van der Waals surface area contributed by atoms with Crippen LogP contribution >= 0.6 is 0 Å². The maximum absolute atomic E-state index is 13.8. The highest BCUT2D eigenvalue weighted by atomic mass is 16.3. The van der Waals surface area contributed by atoms with Crippen molar-refractivity contribution >= 4 is 24.0 Å². The normalized spacial score (nSPS) is 22.6. The van der Waals surface area contributed by atoms with E-state index in [1.165, 1.54) is 0 Å². The lowest BCUT2D eigenvalue weighted by Crippen LogP contribution is -2.43. The number of carbonyl (C=O) groups is 3. The smallest absolute Gasteiger partial charge is 0.292 e. The lowest BCUT2D eigenvalue weighted by molar-refractivity contribution is -0.123. The molecule has 34 heavy (non-hydrogen) atoms. The number of aromatic nitrogens is 5. The second kappa shape index (κ2) is 8.40. The molecule has 2 N–H and O–H groups in total. The summed E-state index contributed by atoms with van der Waals surface area (Å²) >= 11 is 0. The molecule has 0 saturated carbocycles. The molecule has 176 valence electrons. The predicted octanol–water partition coefficient (Wildman–Crippen LogP) is 1.53. The Kier molecular flexibility index (Phi) is 5.39. The van der Waals surface area contributed by atoms with Crippen molar-refractivity contribution in [1.82, 2.24) is 29.4 Å². The molecule has 5 heterocycles. The van der Waals surface area contributed by atoms with E-state index in [9.17, 15) is 9.59 Å². The van der Waals surface area contributed by atoms with Crippen LogP contribution in [0.1, 0.15) is 52.9 Å². The summed E-state index contributed by atoms with van der Waals surface area (Å²) in [7, 11) is 1.84. The number of rotatable bonds is 2. The number of amides is 2. The summed E-state index contributed by atoms with van der Waals surface area (Å²) in [6.07, 6.45) is 7.11. The van der Waals surface area contributed by atoms with E-state index in [-0.39, 0.29) is 18.3 Å². The maximum atomic E-state index is 13.8. The largest absolute Gasteiger partial charge is 0.483 e. The zero-order valence-corrected chi connectivity index (χ0v) is 18.7. The molecule has 11 heteroatoms. The van der Waals surface area contributed by atoms with Gasteiger partial charge in [-0.05, 0) is 30.9 Å². The molecule has 2 amide bonds. The van der Waals surface area contributed by atoms with E-state index in [4.69, 9.17) is 9.90 Å². The molecule has 2 unspecified atom stereocenters. The van der Waals surface area contributed by atoms with Crippen molar-refractivity contribution in [2.24, 2.45) is 7.05 Å². The van der Waals surface area contributed by atoms with E-state index in [1.54, 1.807) is 15.8 Å². The predicted molar refractivity (Wildman–Crippen MR) is 120 cm³/mol. The van der Waals surface area contributed by atoms with Gasteiger partial charge in [0, 0.05) is 44.0 Å². The van der Waals surface area contributed by atoms with Gasteiger partial charge in [0.05, 0.1) is 12.2 Å². The Bertz CT molecular complexity index is 1270. The highest BCUT2D eigenvalue weighted by Crippen LogP contribution is 2.54. The summed E-state index contributed by atoms with van der Waals surface area (Å²) in [5.41, 5.74) is 1.75. The van der Waals surface area contributed by atoms with Gasteiger partial charge < -0.3 is 19.9 Å². The van der Waals surface area contributed by atoms with E-state index in [0.29, 0.717) is 18.8 Å². The van der Waals surface area contributed by atoms with Gasteiger partial charge in [-0.2, -0.15) is 5.10 Å². The van der Waals surface area contributed by atoms with Crippen LogP contribution in [0.4, 0.5) is 5.69 Å². The molecular weight excluding hydrogens is 438 g/mol. The van der Waals surface area contributed by atoms with Crippen LogP contribution in [0, 0.1) is 0 Å². The fourth-order valence-electron chi connectivity index (χ4n) is 5.55. The van der Waals surface area contributed by atoms with Crippen molar-refractivity contribution in [3.8, 4) is 0 Å². The monoisotopic (exact) mass is 463 g/mol. The molecule has 1 aromatic carbocycles. The molecule has 3 aliphatic rings. The number of carbonyl (C=O) groups excluding carboxylic acids is 2. The quantitative estimate of drug-likeness (QED) is 0.550. The molecule has 3 aliphatic heterocycles. The summed E-state index contributed by atoms with van der Waals surface area (Å²) in [6.45, 7) is 0.964. The van der Waals surface area contributed by atoms with Crippen molar-refractivity contribution < 1.29 is 19.5 Å². The number of likely N-dealkylation sites (tertiary alicyclic amines) is 1. The third kappa shape index (κ3) is 3.18. The van der Waals surface area contributed by atoms with Crippen LogP contribution in [0.15, 0.2) is 36.7 Å². The highest BCUT2D eigenvalue weighted by Gasteiger charge is 2.60. The number of hydrogen-bond donors (Lipinski definition) is 2. The summed E-state index contributed by atoms with van der Waals surface area (Å²) in [5.74, 6) is 0.988. The topological polar surface area (TPSA) is 135 Å². The van der Waals surface area contributed by atoms with E-state index in [0.717, 1.165) is 48.4 Å². The van der Waals surface area contributed by atoms with Gasteiger partial charge in [0.1, 0.15) is 11.2 Å². The first-order valence-electron chi connectivity index (χ1n) is 11.2. The van der Waals surface area contributed by atoms with Crippen molar-refractivity contribution in [3.05, 3.63) is 59.4 Å². The molecule has 11 nitrogen and oxygen atoms in total. The van der Waals surface area contributed by atoms with Gasteiger partial charge in [0.2, 0.25) is 11.7 Å². The molecule has 0 aliphatic carbocycles. The van der Waals surface area contributed by atoms with Gasteiger partial charge in [-0.15, -0.1) is 10.2 Å². The number of hydrogen-bond acceptors (Lipinski definition) is 6. The van der Waals surface area contributed by atoms with Gasteiger partial charge in [0.15, 0.2) is 0 Å². The number of nitrogens with one attached hydrogen (secondary N) is 1. The molecule has 1 fully saturated rings. The van der Waals surface area contributed by atoms with Crippen LogP contribution in [0.2, 0.25) is 0 Å². The average molecular weight is 463 g/mol. The summed E-state index contributed by atoms with van der Waals surface area (Å²) < 4.78 is 3.65. The highest BCUT2D eigenvalue weighted by molar-refractivity contribution is 6.08. The zero-order chi connectivity index (χ0) is 23.9. The minimum atomic E-state index is -0.847. The third-order valence-electron chi connectivity index (χ3n) is 6.94. The van der Waals surface area contributed by atoms with E-state index < -0.39 is 11.5 Å². The van der Waals surface area contributed by atoms with E-state index in [1.807, 2.05) is 42.1 Å². The molecule has 2 atom stereocenters. The number of para-hydroxylation sites is 1. The Balaban J connectivity index is 0.000000764. The lowest BCUT2D eigenvalue weighted by atomic mass is 9.73.